The molecule has 2 atom stereocenters. The van der Waals surface area contributed by atoms with E-state index < -0.39 is 56.9 Å². The molecular weight excluding hydrogens is 908 g/mol. The first-order valence-corrected chi connectivity index (χ1v) is 23.6. The third kappa shape index (κ3) is 9.09. The number of fused-ring (bicyclic) bond motifs is 3. The Balaban J connectivity index is 0.000000292. The predicted octanol–water partition coefficient (Wildman–Crippen LogP) is 6.27. The average molecular weight is 956 g/mol. The van der Waals surface area contributed by atoms with E-state index in [4.69, 9.17) is 16.6 Å². The highest BCUT2D eigenvalue weighted by Crippen LogP contribution is 2.47. The molecule has 7 heterocycles. The van der Waals surface area contributed by atoms with Gasteiger partial charge in [-0.1, -0.05) is 48.0 Å². The molecule has 66 heavy (non-hydrogen) atoms. The molecule has 1 aromatic carbocycles. The molecule has 6 aromatic heterocycles. The molecule has 1 aliphatic heterocycles. The van der Waals surface area contributed by atoms with Crippen LogP contribution < -0.4 is 26.1 Å². The van der Waals surface area contributed by atoms with Crippen molar-refractivity contribution in [1.29, 1.82) is 0 Å². The Morgan fingerprint density at radius 3 is 2.18 bits per heavy atom. The molecule has 2 aliphatic rings. The molecule has 9 rings (SSSR count). The zero-order valence-electron chi connectivity index (χ0n) is 36.4. The van der Waals surface area contributed by atoms with Crippen LogP contribution in [0.2, 0.25) is 5.02 Å². The molecule has 4 N–H and O–H groups in total. The molecule has 21 heteroatoms. The van der Waals surface area contributed by atoms with Gasteiger partial charge in [-0.3, -0.25) is 27.6 Å². The molecule has 0 bridgehead atoms. The normalized spacial score (nSPS) is 16.3. The monoisotopic (exact) mass is 954 g/mol. The molecule has 1 amide bonds. The van der Waals surface area contributed by atoms with Gasteiger partial charge < -0.3 is 25.2 Å². The van der Waals surface area contributed by atoms with Crippen LogP contribution in [0.3, 0.4) is 0 Å². The van der Waals surface area contributed by atoms with Crippen LogP contribution in [-0.4, -0.2) is 89.9 Å². The van der Waals surface area contributed by atoms with E-state index in [1.54, 1.807) is 67.8 Å². The summed E-state index contributed by atoms with van der Waals surface area (Å²) < 4.78 is 25.2. The molecule has 0 radical (unpaired) electrons. The van der Waals surface area contributed by atoms with Crippen LogP contribution in [0.5, 0.6) is 11.8 Å². The lowest BCUT2D eigenvalue weighted by Crippen LogP contribution is -2.51. The van der Waals surface area contributed by atoms with E-state index in [-0.39, 0.29) is 44.8 Å². The Bertz CT molecular complexity index is 3140. The predicted molar refractivity (Wildman–Crippen MR) is 251 cm³/mol. The molecule has 1 saturated carbocycles. The summed E-state index contributed by atoms with van der Waals surface area (Å²) in [5, 5.41) is 22.9. The quantitative estimate of drug-likeness (QED) is 0.117. The second-order valence-electron chi connectivity index (χ2n) is 16.8. The van der Waals surface area contributed by atoms with E-state index in [0.717, 1.165) is 61.7 Å². The summed E-state index contributed by atoms with van der Waals surface area (Å²) in [6.07, 6.45) is 13.7. The van der Waals surface area contributed by atoms with E-state index in [9.17, 15) is 33.6 Å². The molecule has 1 aliphatic carbocycles. The van der Waals surface area contributed by atoms with Crippen molar-refractivity contribution in [3.63, 3.8) is 0 Å². The van der Waals surface area contributed by atoms with Crippen molar-refractivity contribution in [2.75, 3.05) is 29.9 Å². The smallest absolute Gasteiger partial charge is 0.349 e. The summed E-state index contributed by atoms with van der Waals surface area (Å²) in [6, 6.07) is 15.2. The van der Waals surface area contributed by atoms with E-state index in [1.807, 2.05) is 37.4 Å². The number of carbonyl (C=O) groups is 2. The van der Waals surface area contributed by atoms with Crippen molar-refractivity contribution >= 4 is 74.8 Å². The first-order valence-electron chi connectivity index (χ1n) is 21.2. The van der Waals surface area contributed by atoms with E-state index >= 15 is 0 Å². The summed E-state index contributed by atoms with van der Waals surface area (Å²) >= 11 is 8.15. The maximum atomic E-state index is 13.2. The lowest BCUT2D eigenvalue weighted by atomic mass is 9.74. The number of anilines is 2. The third-order valence-electron chi connectivity index (χ3n) is 11.7. The Hall–Kier alpha value is -6.35. The van der Waals surface area contributed by atoms with Gasteiger partial charge in [-0.25, -0.2) is 23.7 Å². The highest BCUT2D eigenvalue weighted by molar-refractivity contribution is 7.99. The Morgan fingerprint density at radius 1 is 0.879 bits per heavy atom. The number of pyridine rings is 2. The van der Waals surface area contributed by atoms with Crippen molar-refractivity contribution in [2.24, 2.45) is 5.41 Å². The van der Waals surface area contributed by atoms with Gasteiger partial charge in [-0.2, -0.15) is 9.97 Å². The third-order valence-corrected chi connectivity index (χ3v) is 14.9. The summed E-state index contributed by atoms with van der Waals surface area (Å²) in [5.41, 5.74) is -0.665. The van der Waals surface area contributed by atoms with Crippen molar-refractivity contribution in [3.05, 3.63) is 122 Å². The molecule has 2 fully saturated rings. The molecular formula is C45H47ClN10O8S2. The number of aromatic nitrogens is 7. The molecule has 18 nitrogen and oxygen atoms in total. The number of hydrogen-bond donors (Lipinski definition) is 4. The highest BCUT2D eigenvalue weighted by Gasteiger charge is 2.46. The van der Waals surface area contributed by atoms with E-state index in [0.29, 0.717) is 4.90 Å². The van der Waals surface area contributed by atoms with Gasteiger partial charge in [0.2, 0.25) is 17.7 Å². The number of nitrogens with zero attached hydrogens (tertiary/aromatic N) is 8. The van der Waals surface area contributed by atoms with Gasteiger partial charge in [0, 0.05) is 55.0 Å². The van der Waals surface area contributed by atoms with Crippen LogP contribution in [0.4, 0.5) is 11.6 Å². The Kier molecular flexibility index (Phi) is 13.2. The molecule has 0 unspecified atom stereocenters. The largest absolute Gasteiger partial charge is 0.493 e. The fraction of sp³-hybridized carbons (Fsp3) is 0.333. The number of piperidine rings is 1. The van der Waals surface area contributed by atoms with Crippen molar-refractivity contribution in [1.82, 2.24) is 37.9 Å². The minimum absolute atomic E-state index is 0.120. The number of imidazole rings is 1. The number of nitrogens with one attached hydrogen (secondary N) is 2. The van der Waals surface area contributed by atoms with Crippen LogP contribution in [0, 0.1) is 5.41 Å². The number of ether oxygens (including phenoxy) is 1. The van der Waals surface area contributed by atoms with Gasteiger partial charge in [-0.15, -0.1) is 0 Å². The summed E-state index contributed by atoms with van der Waals surface area (Å²) in [4.78, 5) is 70.6. The minimum atomic E-state index is -1.10. The topological polar surface area (TPSA) is 227 Å². The number of benzene rings is 1. The lowest BCUT2D eigenvalue weighted by Gasteiger charge is -2.44. The summed E-state index contributed by atoms with van der Waals surface area (Å²) in [7, 11) is -1.10. The Labute approximate surface area is 389 Å². The summed E-state index contributed by atoms with van der Waals surface area (Å²) in [6.45, 7) is 9.44. The van der Waals surface area contributed by atoms with Gasteiger partial charge in [0.05, 0.1) is 37.9 Å². The van der Waals surface area contributed by atoms with Crippen LogP contribution >= 0.6 is 23.4 Å². The average Bonchev–Trinajstić information content (AvgIpc) is 3.93. The van der Waals surface area contributed by atoms with Crippen LogP contribution in [0.15, 0.2) is 105 Å². The minimum Gasteiger partial charge on any atom is -0.493 e. The zero-order chi connectivity index (χ0) is 46.9. The fourth-order valence-corrected chi connectivity index (χ4v) is 10.5. The van der Waals surface area contributed by atoms with Gasteiger partial charge in [0.1, 0.15) is 11.3 Å². The first kappa shape index (κ1) is 46.2. The van der Waals surface area contributed by atoms with E-state index in [1.165, 1.54) is 33.0 Å². The van der Waals surface area contributed by atoms with Crippen molar-refractivity contribution < 1.29 is 28.7 Å². The maximum absolute atomic E-state index is 13.2. The van der Waals surface area contributed by atoms with Gasteiger partial charge in [-0.05, 0) is 95.2 Å². The van der Waals surface area contributed by atoms with E-state index in [2.05, 4.69) is 34.6 Å². The number of esters is 1. The van der Waals surface area contributed by atoms with Crippen LogP contribution in [-0.2, 0) is 15.7 Å². The standard InChI is InChI=1S/C34H37ClN8O4S2.C11H10N2O4/c1-33(2,3)49(47)40-24-10-7-12-34(24)13-17-41(18-14-34)32-37-20-23(28-36-15-19-43(28)32)48-22-9-6-8-21(27(22)35)38-29(44)26-30(45)39-25-11-4-5-16-42(25)31(26)46;1-2-17-11(16)8-9(14)12-7-5-3-4-6-13(7)10(8)15/h4-6,8-9,11,15-16,19-20,24,40,45H,7,10,12-14,17-18H2,1-3H3,(H,38,44);3-6,14H,2H2,1H3/t24-,49-;/m1./s1. The number of amides is 1. The fourth-order valence-electron chi connectivity index (χ4n) is 8.29. The Morgan fingerprint density at radius 2 is 1.53 bits per heavy atom. The number of aromatic hydroxyl groups is 2. The maximum Gasteiger partial charge on any atom is 0.349 e. The summed E-state index contributed by atoms with van der Waals surface area (Å²) in [5.74, 6) is -2.16. The number of hydrogen-bond acceptors (Lipinski definition) is 14. The van der Waals surface area contributed by atoms with Crippen LogP contribution in [0.25, 0.3) is 16.9 Å². The van der Waals surface area contributed by atoms with Crippen LogP contribution in [0.1, 0.15) is 80.5 Å². The highest BCUT2D eigenvalue weighted by atomic mass is 35.5. The number of carbonyl (C=O) groups excluding carboxylic acids is 2. The molecule has 1 saturated heterocycles. The second kappa shape index (κ2) is 18.9. The number of halogens is 1. The first-order chi connectivity index (χ1) is 31.6. The molecule has 1 spiro atoms. The zero-order valence-corrected chi connectivity index (χ0v) is 38.8. The number of rotatable bonds is 9. The van der Waals surface area contributed by atoms with Gasteiger partial charge >= 0.3 is 5.97 Å². The molecule has 344 valence electrons. The SMILES string of the molecule is CC(C)(C)[S@@](=O)N[C@@H]1CCCC12CCN(c1ncc(Sc3cccc(NC(=O)c4c(O)nc5ccccn5c4=O)c3Cl)c3nccn13)CC2.CCOC(=O)c1c(O)nc2ccccn2c1=O. The molecule has 7 aromatic rings. The lowest BCUT2D eigenvalue weighted by molar-refractivity contribution is 0.0519. The van der Waals surface area contributed by atoms with Crippen molar-refractivity contribution in [2.45, 2.75) is 80.4 Å². The van der Waals surface area contributed by atoms with Crippen molar-refractivity contribution in [3.8, 4) is 11.8 Å². The van der Waals surface area contributed by atoms with Gasteiger partial charge in [0.25, 0.3) is 17.0 Å². The second-order valence-corrected chi connectivity index (χ2v) is 20.3. The van der Waals surface area contributed by atoms with Gasteiger partial charge in [0.15, 0.2) is 16.8 Å².